The van der Waals surface area contributed by atoms with Crippen LogP contribution in [0, 0.1) is 13.8 Å². The first-order valence-corrected chi connectivity index (χ1v) is 6.81. The summed E-state index contributed by atoms with van der Waals surface area (Å²) < 4.78 is 0. The molecule has 0 fully saturated rings. The minimum absolute atomic E-state index is 0.159. The standard InChI is InChI=1S/C14H15N3OS/c1-10-3-5-12(6-4-10)8-15-17-14(18)7-13-9-19-11(2)16-13/h3-6,8-9H,7H2,1-2H3,(H,17,18)/b15-8-. The molecule has 98 valence electrons. The van der Waals surface area contributed by atoms with E-state index in [0.717, 1.165) is 16.3 Å². The fourth-order valence-corrected chi connectivity index (χ4v) is 2.14. The SMILES string of the molecule is Cc1ccc(/C=N\NC(=O)Cc2csc(C)n2)cc1. The van der Waals surface area contributed by atoms with Crippen molar-refractivity contribution in [3.05, 3.63) is 51.5 Å². The second-order valence-corrected chi connectivity index (χ2v) is 5.30. The first kappa shape index (κ1) is 13.4. The molecular formula is C14H15N3OS. The van der Waals surface area contributed by atoms with Gasteiger partial charge < -0.3 is 0 Å². The third-order valence-electron chi connectivity index (χ3n) is 2.49. The number of aryl methyl sites for hydroxylation is 2. The quantitative estimate of drug-likeness (QED) is 0.687. The molecule has 0 saturated carbocycles. The summed E-state index contributed by atoms with van der Waals surface area (Å²) in [5, 5.41) is 6.78. The van der Waals surface area contributed by atoms with Crippen LogP contribution in [0.3, 0.4) is 0 Å². The van der Waals surface area contributed by atoms with Crippen LogP contribution >= 0.6 is 11.3 Å². The Balaban J connectivity index is 1.84. The average Bonchev–Trinajstić information content (AvgIpc) is 2.77. The topological polar surface area (TPSA) is 54.4 Å². The van der Waals surface area contributed by atoms with Gasteiger partial charge in [-0.1, -0.05) is 29.8 Å². The van der Waals surface area contributed by atoms with E-state index in [1.807, 2.05) is 43.5 Å². The van der Waals surface area contributed by atoms with Crippen LogP contribution in [0.15, 0.2) is 34.7 Å². The summed E-state index contributed by atoms with van der Waals surface area (Å²) >= 11 is 1.54. The fourth-order valence-electron chi connectivity index (χ4n) is 1.52. The Kier molecular flexibility index (Phi) is 4.41. The van der Waals surface area contributed by atoms with E-state index in [1.54, 1.807) is 6.21 Å². The Bertz CT molecular complexity index is 587. The van der Waals surface area contributed by atoms with Crippen LogP contribution in [-0.2, 0) is 11.2 Å². The van der Waals surface area contributed by atoms with Crippen LogP contribution in [-0.4, -0.2) is 17.1 Å². The van der Waals surface area contributed by atoms with Gasteiger partial charge in [0.25, 0.3) is 0 Å². The van der Waals surface area contributed by atoms with E-state index in [4.69, 9.17) is 0 Å². The molecule has 2 aromatic rings. The monoisotopic (exact) mass is 273 g/mol. The molecule has 0 radical (unpaired) electrons. The van der Waals surface area contributed by atoms with E-state index in [0.29, 0.717) is 0 Å². The number of hydrazone groups is 1. The summed E-state index contributed by atoms with van der Waals surface area (Å²) in [7, 11) is 0. The summed E-state index contributed by atoms with van der Waals surface area (Å²) in [6.45, 7) is 3.94. The minimum Gasteiger partial charge on any atom is -0.273 e. The van der Waals surface area contributed by atoms with Crippen molar-refractivity contribution in [3.8, 4) is 0 Å². The maximum Gasteiger partial charge on any atom is 0.246 e. The van der Waals surface area contributed by atoms with Crippen molar-refractivity contribution >= 4 is 23.5 Å². The molecule has 0 bridgehead atoms. The maximum atomic E-state index is 11.6. The number of carbonyl (C=O) groups is 1. The zero-order chi connectivity index (χ0) is 13.7. The number of nitrogens with one attached hydrogen (secondary N) is 1. The molecule has 1 N–H and O–H groups in total. The number of carbonyl (C=O) groups excluding carboxylic acids is 1. The second kappa shape index (κ2) is 6.24. The lowest BCUT2D eigenvalue weighted by molar-refractivity contribution is -0.120. The molecule has 0 spiro atoms. The Labute approximate surface area is 116 Å². The van der Waals surface area contributed by atoms with Gasteiger partial charge in [0.1, 0.15) is 0 Å². The molecule has 2 rings (SSSR count). The molecule has 0 aliphatic heterocycles. The van der Waals surface area contributed by atoms with Crippen molar-refractivity contribution in [3.63, 3.8) is 0 Å². The summed E-state index contributed by atoms with van der Waals surface area (Å²) in [5.74, 6) is -0.159. The fraction of sp³-hybridized carbons (Fsp3) is 0.214. The highest BCUT2D eigenvalue weighted by Crippen LogP contribution is 2.08. The molecule has 0 aliphatic carbocycles. The van der Waals surface area contributed by atoms with Crippen molar-refractivity contribution in [2.75, 3.05) is 0 Å². The third kappa shape index (κ3) is 4.30. The summed E-state index contributed by atoms with van der Waals surface area (Å²) in [5.41, 5.74) is 5.43. The van der Waals surface area contributed by atoms with Crippen molar-refractivity contribution in [1.29, 1.82) is 0 Å². The first-order valence-electron chi connectivity index (χ1n) is 5.93. The van der Waals surface area contributed by atoms with Crippen LogP contribution in [0.2, 0.25) is 0 Å². The normalized spacial score (nSPS) is 10.8. The number of amides is 1. The van der Waals surface area contributed by atoms with E-state index in [9.17, 15) is 4.79 Å². The number of aromatic nitrogens is 1. The predicted molar refractivity (Wildman–Crippen MR) is 77.5 cm³/mol. The van der Waals surface area contributed by atoms with Crippen LogP contribution in [0.25, 0.3) is 0 Å². The van der Waals surface area contributed by atoms with E-state index >= 15 is 0 Å². The molecule has 1 aromatic carbocycles. The predicted octanol–water partition coefficient (Wildman–Crippen LogP) is 2.45. The molecule has 0 saturated heterocycles. The van der Waals surface area contributed by atoms with Gasteiger partial charge in [-0.15, -0.1) is 11.3 Å². The number of hydrogen-bond donors (Lipinski definition) is 1. The van der Waals surface area contributed by atoms with Gasteiger partial charge in [0.05, 0.1) is 23.3 Å². The van der Waals surface area contributed by atoms with E-state index in [1.165, 1.54) is 16.9 Å². The van der Waals surface area contributed by atoms with E-state index in [2.05, 4.69) is 15.5 Å². The van der Waals surface area contributed by atoms with Crippen LogP contribution in [0.4, 0.5) is 0 Å². The molecular weight excluding hydrogens is 258 g/mol. The van der Waals surface area contributed by atoms with Gasteiger partial charge in [0.2, 0.25) is 5.91 Å². The molecule has 19 heavy (non-hydrogen) atoms. The Hall–Kier alpha value is -2.01. The Morgan fingerprint density at radius 2 is 2.11 bits per heavy atom. The molecule has 1 heterocycles. The smallest absolute Gasteiger partial charge is 0.246 e. The van der Waals surface area contributed by atoms with Crippen molar-refractivity contribution in [2.24, 2.45) is 5.10 Å². The molecule has 0 aliphatic rings. The number of hydrogen-bond acceptors (Lipinski definition) is 4. The van der Waals surface area contributed by atoms with Gasteiger partial charge in [0.15, 0.2) is 0 Å². The van der Waals surface area contributed by atoms with Gasteiger partial charge >= 0.3 is 0 Å². The highest BCUT2D eigenvalue weighted by atomic mass is 32.1. The maximum absolute atomic E-state index is 11.6. The highest BCUT2D eigenvalue weighted by Gasteiger charge is 2.04. The molecule has 0 atom stereocenters. The third-order valence-corrected chi connectivity index (χ3v) is 3.31. The lowest BCUT2D eigenvalue weighted by Gasteiger charge is -1.97. The van der Waals surface area contributed by atoms with Gasteiger partial charge in [-0.2, -0.15) is 5.10 Å². The van der Waals surface area contributed by atoms with E-state index < -0.39 is 0 Å². The second-order valence-electron chi connectivity index (χ2n) is 4.24. The molecule has 5 heteroatoms. The summed E-state index contributed by atoms with van der Waals surface area (Å²) in [6, 6.07) is 7.91. The molecule has 1 amide bonds. The van der Waals surface area contributed by atoms with Crippen molar-refractivity contribution in [2.45, 2.75) is 20.3 Å². The lowest BCUT2D eigenvalue weighted by Crippen LogP contribution is -2.19. The van der Waals surface area contributed by atoms with Crippen molar-refractivity contribution in [1.82, 2.24) is 10.4 Å². The van der Waals surface area contributed by atoms with Crippen LogP contribution < -0.4 is 5.43 Å². The van der Waals surface area contributed by atoms with Gasteiger partial charge in [0, 0.05) is 5.38 Å². The Morgan fingerprint density at radius 1 is 1.37 bits per heavy atom. The highest BCUT2D eigenvalue weighted by molar-refractivity contribution is 7.09. The zero-order valence-corrected chi connectivity index (χ0v) is 11.7. The van der Waals surface area contributed by atoms with Gasteiger partial charge in [-0.3, -0.25) is 4.79 Å². The van der Waals surface area contributed by atoms with E-state index in [-0.39, 0.29) is 12.3 Å². The minimum atomic E-state index is -0.159. The largest absolute Gasteiger partial charge is 0.273 e. The van der Waals surface area contributed by atoms with Gasteiger partial charge in [-0.25, -0.2) is 10.4 Å². The Morgan fingerprint density at radius 3 is 2.74 bits per heavy atom. The number of benzene rings is 1. The van der Waals surface area contributed by atoms with Gasteiger partial charge in [-0.05, 0) is 19.4 Å². The summed E-state index contributed by atoms with van der Waals surface area (Å²) in [4.78, 5) is 15.8. The van der Waals surface area contributed by atoms with Crippen LogP contribution in [0.1, 0.15) is 21.8 Å². The molecule has 1 aromatic heterocycles. The first-order chi connectivity index (χ1) is 9.13. The van der Waals surface area contributed by atoms with Crippen molar-refractivity contribution < 1.29 is 4.79 Å². The summed E-state index contributed by atoms with van der Waals surface area (Å²) in [6.07, 6.45) is 1.89. The van der Waals surface area contributed by atoms with Crippen LogP contribution in [0.5, 0.6) is 0 Å². The average molecular weight is 273 g/mol. The number of nitrogens with zero attached hydrogens (tertiary/aromatic N) is 2. The molecule has 4 nitrogen and oxygen atoms in total. The molecule has 0 unspecified atom stereocenters. The lowest BCUT2D eigenvalue weighted by atomic mass is 10.2. The zero-order valence-electron chi connectivity index (χ0n) is 10.9. The number of thiazole rings is 1. The number of rotatable bonds is 4.